The molecule has 2 aromatic rings. The van der Waals surface area contributed by atoms with E-state index in [0.717, 1.165) is 37.1 Å². The van der Waals surface area contributed by atoms with Crippen molar-refractivity contribution in [1.29, 1.82) is 0 Å². The molecule has 10 nitrogen and oxygen atoms in total. The summed E-state index contributed by atoms with van der Waals surface area (Å²) in [5.74, 6) is 0.474. The average Bonchev–Trinajstić information content (AvgIpc) is 3.52. The van der Waals surface area contributed by atoms with Gasteiger partial charge in [-0.2, -0.15) is 0 Å². The number of carbonyl (C=O) groups is 1. The summed E-state index contributed by atoms with van der Waals surface area (Å²) < 4.78 is 42.4. The third kappa shape index (κ3) is 19.5. The summed E-state index contributed by atoms with van der Waals surface area (Å²) in [5.41, 5.74) is 1.10. The van der Waals surface area contributed by atoms with Crippen LogP contribution in [0.25, 0.3) is 5.69 Å². The molecule has 2 rings (SSSR count). The van der Waals surface area contributed by atoms with E-state index in [1.807, 2.05) is 24.5 Å². The molecule has 44 heavy (non-hydrogen) atoms. The highest BCUT2D eigenvalue weighted by Gasteiger charge is 2.07. The molecule has 10 heteroatoms. The topological polar surface area (TPSA) is 90.5 Å². The maximum atomic E-state index is 10.9. The minimum Gasteiger partial charge on any atom is -0.494 e. The Morgan fingerprint density at radius 2 is 1.23 bits per heavy atom. The monoisotopic (exact) mass is 619 g/mol. The predicted octanol–water partition coefficient (Wildman–Crippen LogP) is 5.10. The van der Waals surface area contributed by atoms with Gasteiger partial charge in [0.25, 0.3) is 0 Å². The first kappa shape index (κ1) is 37.4. The van der Waals surface area contributed by atoms with Gasteiger partial charge in [0.2, 0.25) is 6.33 Å². The fourth-order valence-electron chi connectivity index (χ4n) is 4.23. The minimum atomic E-state index is -0.451. The molecule has 0 spiro atoms. The fraction of sp³-hybridized carbons (Fsp3) is 0.647. The van der Waals surface area contributed by atoms with Crippen LogP contribution in [-0.4, -0.2) is 89.8 Å². The van der Waals surface area contributed by atoms with E-state index in [-0.39, 0.29) is 6.61 Å². The van der Waals surface area contributed by atoms with Crippen molar-refractivity contribution in [1.82, 2.24) is 4.57 Å². The van der Waals surface area contributed by atoms with E-state index >= 15 is 0 Å². The smallest absolute Gasteiger partial charge is 0.330 e. The number of nitrogens with zero attached hydrogens (tertiary/aromatic N) is 2. The molecular formula is C34H55N2O8+. The molecule has 0 bridgehead atoms. The lowest BCUT2D eigenvalue weighted by atomic mass is 10.1. The number of esters is 1. The van der Waals surface area contributed by atoms with E-state index in [2.05, 4.69) is 41.1 Å². The van der Waals surface area contributed by atoms with E-state index in [1.165, 1.54) is 44.9 Å². The van der Waals surface area contributed by atoms with Crippen molar-refractivity contribution in [2.75, 3.05) is 79.3 Å². The van der Waals surface area contributed by atoms with Gasteiger partial charge in [0.05, 0.1) is 72.7 Å². The molecule has 1 aromatic carbocycles. The van der Waals surface area contributed by atoms with E-state index in [0.29, 0.717) is 66.1 Å². The van der Waals surface area contributed by atoms with E-state index < -0.39 is 5.97 Å². The zero-order valence-corrected chi connectivity index (χ0v) is 26.8. The molecule has 0 fully saturated rings. The zero-order chi connectivity index (χ0) is 31.3. The van der Waals surface area contributed by atoms with Gasteiger partial charge in [-0.1, -0.05) is 58.4 Å². The van der Waals surface area contributed by atoms with E-state index in [9.17, 15) is 4.79 Å². The second kappa shape index (κ2) is 26.6. The van der Waals surface area contributed by atoms with Crippen LogP contribution in [0.15, 0.2) is 55.6 Å². The average molecular weight is 620 g/mol. The fourth-order valence-corrected chi connectivity index (χ4v) is 4.23. The second-order valence-corrected chi connectivity index (χ2v) is 10.3. The van der Waals surface area contributed by atoms with Crippen LogP contribution in [0.5, 0.6) is 5.75 Å². The summed E-state index contributed by atoms with van der Waals surface area (Å²) in [6.45, 7) is 12.2. The standard InChI is InChI=1S/C34H55N2O8/c1-3-5-6-7-8-9-10-11-19-43-33-14-12-32(13-15-33)36-17-16-35(31-36)18-20-38-21-22-39-23-24-40-25-26-41-27-28-42-29-30-44-34(37)4-2/h4,12-17,31H,2-3,5-11,18-30H2,1H3/q+1. The quantitative estimate of drug-likeness (QED) is 0.0517. The Balaban J connectivity index is 1.38. The lowest BCUT2D eigenvalue weighted by Crippen LogP contribution is -2.33. The van der Waals surface area contributed by atoms with Crippen LogP contribution in [0.4, 0.5) is 0 Å². The Morgan fingerprint density at radius 3 is 1.80 bits per heavy atom. The van der Waals surface area contributed by atoms with Gasteiger partial charge in [-0.25, -0.2) is 13.9 Å². The molecule has 0 saturated heterocycles. The van der Waals surface area contributed by atoms with Crippen molar-refractivity contribution in [3.8, 4) is 11.4 Å². The maximum absolute atomic E-state index is 10.9. The number of unbranched alkanes of at least 4 members (excludes halogenated alkanes) is 7. The van der Waals surface area contributed by atoms with Crippen LogP contribution in [0.1, 0.15) is 58.3 Å². The van der Waals surface area contributed by atoms with Gasteiger partial charge in [-0.05, 0) is 30.7 Å². The van der Waals surface area contributed by atoms with Crippen molar-refractivity contribution in [2.24, 2.45) is 0 Å². The third-order valence-corrected chi connectivity index (χ3v) is 6.71. The van der Waals surface area contributed by atoms with Gasteiger partial charge in [-0.15, -0.1) is 0 Å². The molecule has 0 unspecified atom stereocenters. The molecule has 0 aliphatic carbocycles. The van der Waals surface area contributed by atoms with Crippen LogP contribution in [-0.2, 0) is 39.8 Å². The first-order chi connectivity index (χ1) is 21.7. The van der Waals surface area contributed by atoms with Crippen molar-refractivity contribution in [3.63, 3.8) is 0 Å². The predicted molar refractivity (Wildman–Crippen MR) is 169 cm³/mol. The summed E-state index contributed by atoms with van der Waals surface area (Å²) in [6, 6.07) is 8.26. The Hall–Kier alpha value is -2.76. The van der Waals surface area contributed by atoms with Gasteiger partial charge >= 0.3 is 5.97 Å². The van der Waals surface area contributed by atoms with Gasteiger partial charge in [-0.3, -0.25) is 0 Å². The van der Waals surface area contributed by atoms with Crippen molar-refractivity contribution < 1.29 is 42.5 Å². The Bertz CT molecular complexity index is 966. The number of rotatable bonds is 30. The highest BCUT2D eigenvalue weighted by Crippen LogP contribution is 2.16. The normalized spacial score (nSPS) is 11.1. The van der Waals surface area contributed by atoms with Gasteiger partial charge in [0.1, 0.15) is 37.0 Å². The molecule has 1 heterocycles. The highest BCUT2D eigenvalue weighted by molar-refractivity contribution is 5.81. The van der Waals surface area contributed by atoms with Gasteiger partial charge in [0.15, 0.2) is 0 Å². The summed E-state index contributed by atoms with van der Waals surface area (Å²) in [6.07, 6.45) is 17.7. The summed E-state index contributed by atoms with van der Waals surface area (Å²) >= 11 is 0. The molecule has 0 atom stereocenters. The number of carbonyl (C=O) groups excluding carboxylic acids is 1. The highest BCUT2D eigenvalue weighted by atomic mass is 16.6. The third-order valence-electron chi connectivity index (χ3n) is 6.71. The maximum Gasteiger partial charge on any atom is 0.330 e. The SMILES string of the molecule is C=CC(=O)OCCOCCOCCOCCOCCOCC[n+]1ccn(-c2ccc(OCCCCCCCCCC)cc2)c1. The van der Waals surface area contributed by atoms with Crippen LogP contribution >= 0.6 is 0 Å². The molecule has 0 N–H and O–H groups in total. The first-order valence-electron chi connectivity index (χ1n) is 16.2. The molecule has 1 aromatic heterocycles. The molecule has 0 aliphatic heterocycles. The van der Waals surface area contributed by atoms with E-state index in [4.69, 9.17) is 33.2 Å². The Kier molecular flexibility index (Phi) is 22.6. The van der Waals surface area contributed by atoms with Crippen molar-refractivity contribution in [3.05, 3.63) is 55.6 Å². The zero-order valence-electron chi connectivity index (χ0n) is 26.8. The minimum absolute atomic E-state index is 0.206. The molecule has 248 valence electrons. The van der Waals surface area contributed by atoms with Gasteiger partial charge in [0, 0.05) is 6.08 Å². The molecule has 0 amide bonds. The van der Waals surface area contributed by atoms with Crippen LogP contribution in [0, 0.1) is 0 Å². The number of benzene rings is 1. The van der Waals surface area contributed by atoms with Crippen LogP contribution < -0.4 is 9.30 Å². The summed E-state index contributed by atoms with van der Waals surface area (Å²) in [4.78, 5) is 10.9. The Labute approximate surface area is 264 Å². The first-order valence-corrected chi connectivity index (χ1v) is 16.2. The number of imidazole rings is 1. The largest absolute Gasteiger partial charge is 0.494 e. The van der Waals surface area contributed by atoms with Crippen molar-refractivity contribution in [2.45, 2.75) is 64.8 Å². The lowest BCUT2D eigenvalue weighted by molar-refractivity contribution is -0.697. The van der Waals surface area contributed by atoms with Crippen molar-refractivity contribution >= 4 is 5.97 Å². The molecule has 0 aliphatic rings. The molecule has 0 radical (unpaired) electrons. The molecule has 0 saturated carbocycles. The number of hydrogen-bond donors (Lipinski definition) is 0. The molecular weight excluding hydrogens is 564 g/mol. The number of hydrogen-bond acceptors (Lipinski definition) is 8. The van der Waals surface area contributed by atoms with E-state index in [1.54, 1.807) is 0 Å². The number of ether oxygens (including phenoxy) is 7. The summed E-state index contributed by atoms with van der Waals surface area (Å²) in [7, 11) is 0. The summed E-state index contributed by atoms with van der Waals surface area (Å²) in [5, 5.41) is 0. The van der Waals surface area contributed by atoms with Crippen LogP contribution in [0.2, 0.25) is 0 Å². The second-order valence-electron chi connectivity index (χ2n) is 10.3. The number of aromatic nitrogens is 2. The Morgan fingerprint density at radius 1 is 0.705 bits per heavy atom. The van der Waals surface area contributed by atoms with Crippen LogP contribution in [0.3, 0.4) is 0 Å². The lowest BCUT2D eigenvalue weighted by Gasteiger charge is -2.08. The van der Waals surface area contributed by atoms with Gasteiger partial charge < -0.3 is 33.2 Å².